The zero-order valence-electron chi connectivity index (χ0n) is 8.63. The smallest absolute Gasteiger partial charge is 0.163 e. The van der Waals surface area contributed by atoms with Gasteiger partial charge in [0.15, 0.2) is 5.79 Å². The van der Waals surface area contributed by atoms with E-state index in [1.165, 1.54) is 12.8 Å². The van der Waals surface area contributed by atoms with Crippen LogP contribution in [0.25, 0.3) is 0 Å². The molecule has 76 valence electrons. The quantitative estimate of drug-likeness (QED) is 0.671. The lowest BCUT2D eigenvalue weighted by Crippen LogP contribution is -2.25. The Morgan fingerprint density at radius 1 is 1.38 bits per heavy atom. The topological polar surface area (TPSA) is 27.7 Å². The highest BCUT2D eigenvalue weighted by atomic mass is 16.7. The van der Waals surface area contributed by atoms with Gasteiger partial charge in [-0.05, 0) is 26.7 Å². The van der Waals surface area contributed by atoms with Crippen molar-refractivity contribution in [3.05, 3.63) is 0 Å². The zero-order valence-corrected chi connectivity index (χ0v) is 8.63. The lowest BCUT2D eigenvalue weighted by Gasteiger charge is -2.20. The van der Waals surface area contributed by atoms with Crippen molar-refractivity contribution in [3.63, 3.8) is 0 Å². The summed E-state index contributed by atoms with van der Waals surface area (Å²) < 4.78 is 16.7. The van der Waals surface area contributed by atoms with E-state index in [4.69, 9.17) is 14.2 Å². The van der Waals surface area contributed by atoms with Gasteiger partial charge in [0.1, 0.15) is 0 Å². The Hall–Kier alpha value is -0.120. The highest BCUT2D eigenvalue weighted by Gasteiger charge is 2.47. The minimum Gasteiger partial charge on any atom is -0.378 e. The van der Waals surface area contributed by atoms with Crippen LogP contribution in [0.1, 0.15) is 33.1 Å². The lowest BCUT2D eigenvalue weighted by atomic mass is 10.1. The largest absolute Gasteiger partial charge is 0.378 e. The summed E-state index contributed by atoms with van der Waals surface area (Å²) in [4.78, 5) is 0. The van der Waals surface area contributed by atoms with E-state index in [9.17, 15) is 0 Å². The molecule has 2 fully saturated rings. The summed E-state index contributed by atoms with van der Waals surface area (Å²) in [5.41, 5.74) is 0.119. The monoisotopic (exact) mass is 186 g/mol. The molecule has 0 N–H and O–H groups in total. The molecule has 1 heterocycles. The molecule has 1 saturated carbocycles. The minimum atomic E-state index is -0.394. The van der Waals surface area contributed by atoms with Crippen molar-refractivity contribution in [2.45, 2.75) is 50.6 Å². The van der Waals surface area contributed by atoms with E-state index in [1.807, 2.05) is 13.8 Å². The molecule has 1 unspecified atom stereocenters. The normalized spacial score (nSPS) is 34.8. The summed E-state index contributed by atoms with van der Waals surface area (Å²) in [6.45, 7) is 4.62. The van der Waals surface area contributed by atoms with Crippen molar-refractivity contribution in [2.75, 3.05) is 13.7 Å². The van der Waals surface area contributed by atoms with Crippen molar-refractivity contribution in [1.29, 1.82) is 0 Å². The maximum Gasteiger partial charge on any atom is 0.163 e. The van der Waals surface area contributed by atoms with Crippen LogP contribution in [0.15, 0.2) is 0 Å². The van der Waals surface area contributed by atoms with Gasteiger partial charge in [-0.1, -0.05) is 0 Å². The first kappa shape index (κ1) is 9.44. The molecule has 0 aromatic carbocycles. The third-order valence-corrected chi connectivity index (χ3v) is 2.91. The van der Waals surface area contributed by atoms with E-state index in [0.717, 1.165) is 6.42 Å². The Labute approximate surface area is 79.4 Å². The van der Waals surface area contributed by atoms with Gasteiger partial charge in [0, 0.05) is 13.5 Å². The standard InChI is InChI=1S/C10H18O3/c1-9(2)12-7-8(13-9)6-10(11-3)4-5-10/h8H,4-7H2,1-3H3. The highest BCUT2D eigenvalue weighted by molar-refractivity contribution is 4.98. The Bertz CT molecular complexity index is 196. The van der Waals surface area contributed by atoms with Crippen LogP contribution in [-0.2, 0) is 14.2 Å². The number of methoxy groups -OCH3 is 1. The van der Waals surface area contributed by atoms with Crippen LogP contribution in [0.4, 0.5) is 0 Å². The number of rotatable bonds is 3. The van der Waals surface area contributed by atoms with Crippen LogP contribution in [0, 0.1) is 0 Å². The van der Waals surface area contributed by atoms with Crippen LogP contribution < -0.4 is 0 Å². The van der Waals surface area contributed by atoms with Crippen LogP contribution in [0.2, 0.25) is 0 Å². The molecule has 2 rings (SSSR count). The molecule has 1 saturated heterocycles. The van der Waals surface area contributed by atoms with Crippen molar-refractivity contribution >= 4 is 0 Å². The minimum absolute atomic E-state index is 0.119. The molecule has 0 radical (unpaired) electrons. The van der Waals surface area contributed by atoms with Gasteiger partial charge in [0.2, 0.25) is 0 Å². The first-order valence-corrected chi connectivity index (χ1v) is 4.92. The summed E-state index contributed by atoms with van der Waals surface area (Å²) in [5, 5.41) is 0. The zero-order chi connectivity index (χ0) is 9.53. The average Bonchev–Trinajstić information content (AvgIpc) is 2.74. The van der Waals surface area contributed by atoms with Gasteiger partial charge in [-0.3, -0.25) is 0 Å². The fraction of sp³-hybridized carbons (Fsp3) is 1.00. The van der Waals surface area contributed by atoms with Crippen LogP contribution in [0.5, 0.6) is 0 Å². The van der Waals surface area contributed by atoms with E-state index < -0.39 is 5.79 Å². The Kier molecular flexibility index (Phi) is 2.13. The fourth-order valence-electron chi connectivity index (χ4n) is 1.91. The SMILES string of the molecule is COC1(CC2COC(C)(C)O2)CC1. The van der Waals surface area contributed by atoms with Gasteiger partial charge in [-0.15, -0.1) is 0 Å². The summed E-state index contributed by atoms with van der Waals surface area (Å²) in [6.07, 6.45) is 3.54. The molecular formula is C10H18O3. The fourth-order valence-corrected chi connectivity index (χ4v) is 1.91. The maximum atomic E-state index is 5.72. The van der Waals surface area contributed by atoms with Gasteiger partial charge in [-0.25, -0.2) is 0 Å². The van der Waals surface area contributed by atoms with Crippen molar-refractivity contribution in [1.82, 2.24) is 0 Å². The van der Waals surface area contributed by atoms with Crippen molar-refractivity contribution in [3.8, 4) is 0 Å². The molecule has 0 amide bonds. The second-order valence-corrected chi connectivity index (χ2v) is 4.54. The Balaban J connectivity index is 1.84. The van der Waals surface area contributed by atoms with E-state index in [-0.39, 0.29) is 11.7 Å². The van der Waals surface area contributed by atoms with Crippen molar-refractivity contribution < 1.29 is 14.2 Å². The third kappa shape index (κ3) is 2.03. The third-order valence-electron chi connectivity index (χ3n) is 2.91. The van der Waals surface area contributed by atoms with Gasteiger partial charge >= 0.3 is 0 Å². The second kappa shape index (κ2) is 2.94. The molecule has 0 bridgehead atoms. The lowest BCUT2D eigenvalue weighted by molar-refractivity contribution is -0.142. The summed E-state index contributed by atoms with van der Waals surface area (Å²) in [5.74, 6) is -0.394. The van der Waals surface area contributed by atoms with E-state index >= 15 is 0 Å². The molecule has 1 atom stereocenters. The first-order valence-electron chi connectivity index (χ1n) is 4.92. The molecule has 2 aliphatic rings. The average molecular weight is 186 g/mol. The van der Waals surface area contributed by atoms with E-state index in [2.05, 4.69) is 0 Å². The predicted molar refractivity (Wildman–Crippen MR) is 48.5 cm³/mol. The van der Waals surface area contributed by atoms with E-state index in [1.54, 1.807) is 7.11 Å². The molecule has 0 spiro atoms. The first-order chi connectivity index (χ1) is 6.05. The summed E-state index contributed by atoms with van der Waals surface area (Å²) in [7, 11) is 1.79. The summed E-state index contributed by atoms with van der Waals surface area (Å²) >= 11 is 0. The van der Waals surface area contributed by atoms with Crippen LogP contribution in [-0.4, -0.2) is 31.2 Å². The van der Waals surface area contributed by atoms with Crippen LogP contribution >= 0.6 is 0 Å². The summed E-state index contributed by atoms with van der Waals surface area (Å²) in [6, 6.07) is 0. The van der Waals surface area contributed by atoms with E-state index in [0.29, 0.717) is 6.61 Å². The van der Waals surface area contributed by atoms with Crippen molar-refractivity contribution in [2.24, 2.45) is 0 Å². The van der Waals surface area contributed by atoms with Gasteiger partial charge in [0.25, 0.3) is 0 Å². The molecule has 1 aliphatic heterocycles. The number of ether oxygens (including phenoxy) is 3. The molecule has 1 aliphatic carbocycles. The van der Waals surface area contributed by atoms with Gasteiger partial charge in [0.05, 0.1) is 18.3 Å². The predicted octanol–water partition coefficient (Wildman–Crippen LogP) is 1.71. The Morgan fingerprint density at radius 2 is 2.08 bits per heavy atom. The van der Waals surface area contributed by atoms with Crippen LogP contribution in [0.3, 0.4) is 0 Å². The Morgan fingerprint density at radius 3 is 2.46 bits per heavy atom. The molecule has 3 heteroatoms. The van der Waals surface area contributed by atoms with Gasteiger partial charge < -0.3 is 14.2 Å². The maximum absolute atomic E-state index is 5.72. The molecule has 0 aromatic heterocycles. The number of hydrogen-bond acceptors (Lipinski definition) is 3. The molecule has 13 heavy (non-hydrogen) atoms. The number of hydrogen-bond donors (Lipinski definition) is 0. The molecule has 3 nitrogen and oxygen atoms in total. The van der Waals surface area contributed by atoms with Gasteiger partial charge in [-0.2, -0.15) is 0 Å². The highest BCUT2D eigenvalue weighted by Crippen LogP contribution is 2.44. The molecular weight excluding hydrogens is 168 g/mol. The second-order valence-electron chi connectivity index (χ2n) is 4.54. The molecule has 0 aromatic rings.